The molecule has 7 nitrogen and oxygen atoms in total. The summed E-state index contributed by atoms with van der Waals surface area (Å²) in [6, 6.07) is 20.8. The lowest BCUT2D eigenvalue weighted by atomic mass is 10.0. The number of hydrazine groups is 1. The molecule has 1 aromatic heterocycles. The molecule has 0 aliphatic heterocycles. The van der Waals surface area contributed by atoms with Crippen LogP contribution in [0.15, 0.2) is 84.8 Å². The zero-order valence-corrected chi connectivity index (χ0v) is 22.7. The topological polar surface area (TPSA) is 116 Å². The van der Waals surface area contributed by atoms with Crippen LogP contribution in [0.25, 0.3) is 10.9 Å². The van der Waals surface area contributed by atoms with Crippen molar-refractivity contribution in [2.45, 2.75) is 25.4 Å². The molecule has 3 aromatic carbocycles. The second kappa shape index (κ2) is 13.1. The third-order valence-electron chi connectivity index (χ3n) is 6.49. The standard InChI is InChI=1S/C30H30ClF2N7/c1-2-27(19-8-4-3-5-9-19)39-28-20(16-34)17-37-29-23(28)14-21(15-24(29)31)38-30(22-10-6-7-11-25(22)33)26(35)18-40(36)13-12-32/h3-11,14-15,17-18,27,30,38H,2,12-13,35-36H2,1H3,(H,37,39)/b26-18-/t27-,30+/m1/s1. The summed E-state index contributed by atoms with van der Waals surface area (Å²) in [7, 11) is 0. The highest BCUT2D eigenvalue weighted by atomic mass is 35.5. The quantitative estimate of drug-likeness (QED) is 0.121. The number of pyridine rings is 1. The number of aromatic nitrogens is 1. The minimum atomic E-state index is -0.864. The summed E-state index contributed by atoms with van der Waals surface area (Å²) in [5.41, 5.74) is 9.78. The lowest BCUT2D eigenvalue weighted by molar-refractivity contribution is 0.332. The van der Waals surface area contributed by atoms with Crippen LogP contribution in [0.2, 0.25) is 5.02 Å². The Bertz CT molecular complexity index is 1540. The van der Waals surface area contributed by atoms with Gasteiger partial charge in [-0.25, -0.2) is 14.6 Å². The highest BCUT2D eigenvalue weighted by Gasteiger charge is 2.21. The molecule has 206 valence electrons. The molecule has 40 heavy (non-hydrogen) atoms. The maximum absolute atomic E-state index is 14.9. The van der Waals surface area contributed by atoms with E-state index in [4.69, 9.17) is 23.2 Å². The molecule has 1 heterocycles. The predicted molar refractivity (Wildman–Crippen MR) is 156 cm³/mol. The van der Waals surface area contributed by atoms with Gasteiger partial charge in [0, 0.05) is 29.0 Å². The van der Waals surface area contributed by atoms with Crippen molar-refractivity contribution in [3.63, 3.8) is 0 Å². The van der Waals surface area contributed by atoms with Crippen LogP contribution in [-0.2, 0) is 0 Å². The van der Waals surface area contributed by atoms with Crippen LogP contribution in [0.5, 0.6) is 0 Å². The molecule has 0 bridgehead atoms. The Balaban J connectivity index is 1.81. The lowest BCUT2D eigenvalue weighted by Crippen LogP contribution is -2.30. The van der Waals surface area contributed by atoms with Gasteiger partial charge in [0.1, 0.15) is 18.6 Å². The second-order valence-corrected chi connectivity index (χ2v) is 9.59. The summed E-state index contributed by atoms with van der Waals surface area (Å²) < 4.78 is 27.7. The van der Waals surface area contributed by atoms with Gasteiger partial charge in [-0.2, -0.15) is 5.26 Å². The first-order valence-corrected chi connectivity index (χ1v) is 13.1. The number of hydrogen-bond donors (Lipinski definition) is 4. The van der Waals surface area contributed by atoms with Crippen molar-refractivity contribution in [3.8, 4) is 6.07 Å². The SMILES string of the molecule is CC[C@@H](Nc1c(C#N)cnc2c(Cl)cc(N[C@H](/C(N)=C/N(N)CCF)c3ccccc3F)cc12)c1ccccc1. The Labute approximate surface area is 237 Å². The first-order chi connectivity index (χ1) is 19.4. The van der Waals surface area contributed by atoms with Gasteiger partial charge >= 0.3 is 0 Å². The van der Waals surface area contributed by atoms with E-state index in [0.29, 0.717) is 32.9 Å². The number of alkyl halides is 1. The average Bonchev–Trinajstić information content (AvgIpc) is 2.95. The van der Waals surface area contributed by atoms with E-state index in [0.717, 1.165) is 17.0 Å². The smallest absolute Gasteiger partial charge is 0.128 e. The minimum absolute atomic E-state index is 0.0786. The molecule has 4 aromatic rings. The molecule has 4 rings (SSSR count). The van der Waals surface area contributed by atoms with Crippen molar-refractivity contribution in [1.29, 1.82) is 5.26 Å². The fourth-order valence-corrected chi connectivity index (χ4v) is 4.78. The van der Waals surface area contributed by atoms with Crippen molar-refractivity contribution < 1.29 is 8.78 Å². The largest absolute Gasteiger partial charge is 0.399 e. The van der Waals surface area contributed by atoms with Gasteiger partial charge in [-0.1, -0.05) is 67.1 Å². The average molecular weight is 562 g/mol. The number of rotatable bonds is 11. The Hall–Kier alpha value is -4.39. The highest BCUT2D eigenvalue weighted by molar-refractivity contribution is 6.35. The Morgan fingerprint density at radius 3 is 2.55 bits per heavy atom. The van der Waals surface area contributed by atoms with Gasteiger partial charge in [0.15, 0.2) is 0 Å². The summed E-state index contributed by atoms with van der Waals surface area (Å²) in [4.78, 5) is 4.43. The van der Waals surface area contributed by atoms with E-state index in [9.17, 15) is 14.0 Å². The predicted octanol–water partition coefficient (Wildman–Crippen LogP) is 6.56. The maximum atomic E-state index is 14.9. The lowest BCUT2D eigenvalue weighted by Gasteiger charge is -2.25. The van der Waals surface area contributed by atoms with Crippen LogP contribution in [0.3, 0.4) is 0 Å². The normalized spacial score (nSPS) is 12.9. The monoisotopic (exact) mass is 561 g/mol. The zero-order chi connectivity index (χ0) is 28.6. The van der Waals surface area contributed by atoms with Gasteiger partial charge in [-0.05, 0) is 30.2 Å². The van der Waals surface area contributed by atoms with Crippen LogP contribution < -0.4 is 22.2 Å². The maximum Gasteiger partial charge on any atom is 0.128 e. The molecule has 0 amide bonds. The Morgan fingerprint density at radius 1 is 1.15 bits per heavy atom. The summed E-state index contributed by atoms with van der Waals surface area (Å²) in [6.45, 7) is 1.30. The number of anilines is 2. The summed E-state index contributed by atoms with van der Waals surface area (Å²) in [6.07, 6.45) is 3.61. The molecule has 0 fully saturated rings. The fourth-order valence-electron chi connectivity index (χ4n) is 4.51. The Kier molecular flexibility index (Phi) is 9.38. The van der Waals surface area contributed by atoms with Crippen LogP contribution in [0, 0.1) is 17.1 Å². The number of nitriles is 1. The third kappa shape index (κ3) is 6.42. The van der Waals surface area contributed by atoms with E-state index < -0.39 is 18.5 Å². The van der Waals surface area contributed by atoms with Crippen molar-refractivity contribution in [2.75, 3.05) is 23.9 Å². The molecule has 0 saturated carbocycles. The number of halogens is 3. The molecule has 0 radical (unpaired) electrons. The number of fused-ring (bicyclic) bond motifs is 1. The minimum Gasteiger partial charge on any atom is -0.399 e. The van der Waals surface area contributed by atoms with Crippen molar-refractivity contribution in [3.05, 3.63) is 112 Å². The summed E-state index contributed by atoms with van der Waals surface area (Å²) in [5, 5.41) is 18.7. The molecule has 2 atom stereocenters. The first kappa shape index (κ1) is 28.6. The molecule has 0 aliphatic carbocycles. The molecule has 0 spiro atoms. The molecule has 0 saturated heterocycles. The van der Waals surface area contributed by atoms with Gasteiger partial charge in [0.25, 0.3) is 0 Å². The van der Waals surface area contributed by atoms with E-state index in [1.165, 1.54) is 18.5 Å². The molecule has 0 aliphatic rings. The number of nitrogens with two attached hydrogens (primary N) is 2. The zero-order valence-electron chi connectivity index (χ0n) is 21.9. The van der Waals surface area contributed by atoms with Gasteiger partial charge in [-0.3, -0.25) is 4.98 Å². The van der Waals surface area contributed by atoms with Gasteiger partial charge in [0.05, 0.1) is 46.1 Å². The summed E-state index contributed by atoms with van der Waals surface area (Å²) >= 11 is 6.68. The number of benzene rings is 3. The van der Waals surface area contributed by atoms with Crippen LogP contribution in [-0.4, -0.2) is 23.2 Å². The summed E-state index contributed by atoms with van der Waals surface area (Å²) in [5.74, 6) is 5.35. The molecular weight excluding hydrogens is 532 g/mol. The number of hydrogen-bond acceptors (Lipinski definition) is 7. The van der Waals surface area contributed by atoms with Crippen LogP contribution in [0.4, 0.5) is 20.2 Å². The Morgan fingerprint density at radius 2 is 1.88 bits per heavy atom. The van der Waals surface area contributed by atoms with E-state index in [2.05, 4.69) is 28.6 Å². The van der Waals surface area contributed by atoms with Crippen LogP contribution >= 0.6 is 11.6 Å². The van der Waals surface area contributed by atoms with E-state index >= 15 is 0 Å². The van der Waals surface area contributed by atoms with E-state index in [-0.39, 0.29) is 23.8 Å². The number of nitrogens with zero attached hydrogens (tertiary/aromatic N) is 3. The molecular formula is C30H30ClF2N7. The van der Waals surface area contributed by atoms with E-state index in [1.54, 1.807) is 30.3 Å². The van der Waals surface area contributed by atoms with E-state index in [1.807, 2.05) is 30.3 Å². The van der Waals surface area contributed by atoms with Crippen molar-refractivity contribution in [2.24, 2.45) is 11.6 Å². The molecule has 10 heteroatoms. The van der Waals surface area contributed by atoms with Crippen molar-refractivity contribution >= 4 is 33.9 Å². The van der Waals surface area contributed by atoms with Crippen molar-refractivity contribution in [1.82, 2.24) is 9.99 Å². The van der Waals surface area contributed by atoms with Gasteiger partial charge in [-0.15, -0.1) is 0 Å². The first-order valence-electron chi connectivity index (χ1n) is 12.8. The second-order valence-electron chi connectivity index (χ2n) is 9.18. The van der Waals surface area contributed by atoms with Gasteiger partial charge in [0.2, 0.25) is 0 Å². The number of nitrogens with one attached hydrogen (secondary N) is 2. The third-order valence-corrected chi connectivity index (χ3v) is 6.78. The van der Waals surface area contributed by atoms with Crippen LogP contribution in [0.1, 0.15) is 42.1 Å². The molecule has 0 unspecified atom stereocenters. The fraction of sp³-hybridized carbons (Fsp3) is 0.200. The highest BCUT2D eigenvalue weighted by Crippen LogP contribution is 2.37. The molecule has 6 N–H and O–H groups in total. The van der Waals surface area contributed by atoms with Gasteiger partial charge < -0.3 is 21.4 Å².